The van der Waals surface area contributed by atoms with E-state index in [1.54, 1.807) is 20.2 Å². The molecule has 0 aliphatic heterocycles. The summed E-state index contributed by atoms with van der Waals surface area (Å²) in [7, 11) is 1.63. The Hall–Kier alpha value is -2.14. The maximum Gasteiger partial charge on any atom is 0.323 e. The average Bonchev–Trinajstić information content (AvgIpc) is 2.46. The molecule has 1 aromatic heterocycles. The number of ether oxygens (including phenoxy) is 1. The molecule has 1 aromatic carbocycles. The molecule has 5 heteroatoms. The van der Waals surface area contributed by atoms with E-state index in [0.29, 0.717) is 18.8 Å². The number of carboxylic acids is 1. The normalized spacial score (nSPS) is 13.9. The van der Waals surface area contributed by atoms with Gasteiger partial charge in [0, 0.05) is 24.1 Å². The van der Waals surface area contributed by atoms with Crippen LogP contribution in [-0.4, -0.2) is 35.3 Å². The first-order valence-electron chi connectivity index (χ1n) is 6.45. The molecule has 0 aliphatic rings. The molecule has 0 spiro atoms. The van der Waals surface area contributed by atoms with E-state index in [0.717, 1.165) is 10.9 Å². The summed E-state index contributed by atoms with van der Waals surface area (Å²) in [6, 6.07) is 9.52. The van der Waals surface area contributed by atoms with Gasteiger partial charge in [0.2, 0.25) is 0 Å². The molecule has 2 rings (SSSR count). The lowest BCUT2D eigenvalue weighted by Gasteiger charge is -2.23. The van der Waals surface area contributed by atoms with Crippen LogP contribution in [0.15, 0.2) is 36.5 Å². The van der Waals surface area contributed by atoms with Gasteiger partial charge >= 0.3 is 5.97 Å². The fourth-order valence-electron chi connectivity index (χ4n) is 1.85. The van der Waals surface area contributed by atoms with Crippen molar-refractivity contribution in [2.24, 2.45) is 0 Å². The van der Waals surface area contributed by atoms with Crippen molar-refractivity contribution in [1.82, 2.24) is 10.3 Å². The van der Waals surface area contributed by atoms with E-state index in [-0.39, 0.29) is 0 Å². The molecular formula is C15H18N2O3. The SMILES string of the molecule is CNC(C)(CCOc1ccc2cccnc2c1)C(=O)O. The standard InChI is InChI=1S/C15H18N2O3/c1-15(16-2,14(18)19)7-9-20-12-6-5-11-4-3-8-17-13(11)10-12/h3-6,8,10,16H,7,9H2,1-2H3,(H,18,19). The van der Waals surface area contributed by atoms with Crippen LogP contribution < -0.4 is 10.1 Å². The third kappa shape index (κ3) is 3.05. The molecule has 0 saturated carbocycles. The Morgan fingerprint density at radius 3 is 2.95 bits per heavy atom. The zero-order valence-corrected chi connectivity index (χ0v) is 11.6. The van der Waals surface area contributed by atoms with E-state index in [4.69, 9.17) is 9.84 Å². The second-order valence-electron chi connectivity index (χ2n) is 4.84. The number of benzene rings is 1. The molecule has 5 nitrogen and oxygen atoms in total. The summed E-state index contributed by atoms with van der Waals surface area (Å²) in [4.78, 5) is 15.4. The quantitative estimate of drug-likeness (QED) is 0.843. The number of carboxylic acid groups (broad SMARTS) is 1. The first-order chi connectivity index (χ1) is 9.55. The number of aromatic nitrogens is 1. The van der Waals surface area contributed by atoms with Crippen molar-refractivity contribution in [2.75, 3.05) is 13.7 Å². The predicted octanol–water partition coefficient (Wildman–Crippen LogP) is 2.07. The molecule has 0 fully saturated rings. The maximum atomic E-state index is 11.1. The van der Waals surface area contributed by atoms with Crippen LogP contribution in [0.5, 0.6) is 5.75 Å². The van der Waals surface area contributed by atoms with E-state index in [9.17, 15) is 4.79 Å². The van der Waals surface area contributed by atoms with Crippen LogP contribution in [0.3, 0.4) is 0 Å². The van der Waals surface area contributed by atoms with Gasteiger partial charge in [-0.15, -0.1) is 0 Å². The van der Waals surface area contributed by atoms with Gasteiger partial charge in [0.05, 0.1) is 12.1 Å². The molecule has 20 heavy (non-hydrogen) atoms. The fourth-order valence-corrected chi connectivity index (χ4v) is 1.85. The molecule has 0 amide bonds. The summed E-state index contributed by atoms with van der Waals surface area (Å²) in [5.41, 5.74) is -0.116. The number of nitrogens with one attached hydrogen (secondary N) is 1. The van der Waals surface area contributed by atoms with E-state index in [1.165, 1.54) is 0 Å². The van der Waals surface area contributed by atoms with Crippen LogP contribution in [-0.2, 0) is 4.79 Å². The molecule has 0 saturated heterocycles. The molecule has 1 unspecified atom stereocenters. The highest BCUT2D eigenvalue weighted by Crippen LogP contribution is 2.19. The van der Waals surface area contributed by atoms with Gasteiger partial charge in [-0.3, -0.25) is 9.78 Å². The van der Waals surface area contributed by atoms with Crippen LogP contribution in [0.25, 0.3) is 10.9 Å². The molecule has 2 N–H and O–H groups in total. The summed E-state index contributed by atoms with van der Waals surface area (Å²) in [5.74, 6) is -0.191. The van der Waals surface area contributed by atoms with Gasteiger partial charge in [0.1, 0.15) is 11.3 Å². The van der Waals surface area contributed by atoms with Crippen LogP contribution in [0.4, 0.5) is 0 Å². The van der Waals surface area contributed by atoms with Crippen molar-refractivity contribution in [2.45, 2.75) is 18.9 Å². The lowest BCUT2D eigenvalue weighted by atomic mass is 9.99. The van der Waals surface area contributed by atoms with Gasteiger partial charge in [0.25, 0.3) is 0 Å². The Balaban J connectivity index is 2.01. The monoisotopic (exact) mass is 274 g/mol. The number of pyridine rings is 1. The van der Waals surface area contributed by atoms with Gasteiger partial charge < -0.3 is 15.2 Å². The Labute approximate surface area is 117 Å². The van der Waals surface area contributed by atoms with Crippen LogP contribution >= 0.6 is 0 Å². The summed E-state index contributed by atoms with van der Waals surface area (Å²) in [6.45, 7) is 1.96. The highest BCUT2D eigenvalue weighted by Gasteiger charge is 2.30. The number of hydrogen-bond acceptors (Lipinski definition) is 4. The maximum absolute atomic E-state index is 11.1. The molecule has 106 valence electrons. The first kappa shape index (κ1) is 14.3. The number of hydrogen-bond donors (Lipinski definition) is 2. The Morgan fingerprint density at radius 1 is 1.45 bits per heavy atom. The second-order valence-corrected chi connectivity index (χ2v) is 4.84. The number of fused-ring (bicyclic) bond motifs is 1. The summed E-state index contributed by atoms with van der Waals surface area (Å²) >= 11 is 0. The van der Waals surface area contributed by atoms with Crippen molar-refractivity contribution >= 4 is 16.9 Å². The fraction of sp³-hybridized carbons (Fsp3) is 0.333. The number of likely N-dealkylation sites (N-methyl/N-ethyl adjacent to an activating group) is 1. The third-order valence-corrected chi connectivity index (χ3v) is 3.47. The van der Waals surface area contributed by atoms with Gasteiger partial charge in [-0.1, -0.05) is 6.07 Å². The number of nitrogens with zero attached hydrogens (tertiary/aromatic N) is 1. The van der Waals surface area contributed by atoms with Gasteiger partial charge in [-0.05, 0) is 32.2 Å². The largest absolute Gasteiger partial charge is 0.493 e. The molecular weight excluding hydrogens is 256 g/mol. The molecule has 0 radical (unpaired) electrons. The minimum absolute atomic E-state index is 0.321. The van der Waals surface area contributed by atoms with Gasteiger partial charge in [-0.25, -0.2) is 0 Å². The third-order valence-electron chi connectivity index (χ3n) is 3.47. The lowest BCUT2D eigenvalue weighted by molar-refractivity contribution is -0.144. The zero-order chi connectivity index (χ0) is 14.6. The van der Waals surface area contributed by atoms with Gasteiger partial charge in [0.15, 0.2) is 0 Å². The number of rotatable bonds is 6. The molecule has 1 heterocycles. The van der Waals surface area contributed by atoms with Crippen LogP contribution in [0, 0.1) is 0 Å². The average molecular weight is 274 g/mol. The van der Waals surface area contributed by atoms with Crippen molar-refractivity contribution in [3.05, 3.63) is 36.5 Å². The van der Waals surface area contributed by atoms with E-state index >= 15 is 0 Å². The van der Waals surface area contributed by atoms with E-state index in [2.05, 4.69) is 10.3 Å². The topological polar surface area (TPSA) is 71.5 Å². The Morgan fingerprint density at radius 2 is 2.25 bits per heavy atom. The van der Waals surface area contributed by atoms with E-state index < -0.39 is 11.5 Å². The second kappa shape index (κ2) is 5.88. The smallest absolute Gasteiger partial charge is 0.323 e. The highest BCUT2D eigenvalue weighted by molar-refractivity contribution is 5.79. The number of carbonyl (C=O) groups is 1. The lowest BCUT2D eigenvalue weighted by Crippen LogP contribution is -2.48. The minimum Gasteiger partial charge on any atom is -0.493 e. The summed E-state index contributed by atoms with van der Waals surface area (Å²) in [6.07, 6.45) is 2.10. The first-order valence-corrected chi connectivity index (χ1v) is 6.45. The summed E-state index contributed by atoms with van der Waals surface area (Å²) in [5, 5.41) is 13.0. The summed E-state index contributed by atoms with van der Waals surface area (Å²) < 4.78 is 5.62. The molecule has 0 bridgehead atoms. The van der Waals surface area contributed by atoms with Crippen LogP contribution in [0.1, 0.15) is 13.3 Å². The predicted molar refractivity (Wildman–Crippen MR) is 77.0 cm³/mol. The van der Waals surface area contributed by atoms with Crippen molar-refractivity contribution in [3.8, 4) is 5.75 Å². The molecule has 0 aliphatic carbocycles. The highest BCUT2D eigenvalue weighted by atomic mass is 16.5. The Bertz CT molecular complexity index is 615. The molecule has 1 atom stereocenters. The minimum atomic E-state index is -0.977. The van der Waals surface area contributed by atoms with Crippen molar-refractivity contribution in [1.29, 1.82) is 0 Å². The molecule has 2 aromatic rings. The number of aliphatic carboxylic acids is 1. The van der Waals surface area contributed by atoms with Crippen LogP contribution in [0.2, 0.25) is 0 Å². The van der Waals surface area contributed by atoms with Gasteiger partial charge in [-0.2, -0.15) is 0 Å². The van der Waals surface area contributed by atoms with Crippen molar-refractivity contribution in [3.63, 3.8) is 0 Å². The van der Waals surface area contributed by atoms with Crippen molar-refractivity contribution < 1.29 is 14.6 Å². The zero-order valence-electron chi connectivity index (χ0n) is 11.6. The Kier molecular flexibility index (Phi) is 4.20. The van der Waals surface area contributed by atoms with E-state index in [1.807, 2.05) is 30.3 Å².